The summed E-state index contributed by atoms with van der Waals surface area (Å²) in [7, 11) is 1.28. The van der Waals surface area contributed by atoms with E-state index in [1.54, 1.807) is 0 Å². The van der Waals surface area contributed by atoms with E-state index >= 15 is 0 Å². The molecule has 226 valence electrons. The third-order valence-electron chi connectivity index (χ3n) is 6.31. The third-order valence-corrected chi connectivity index (χ3v) is 6.31. The van der Waals surface area contributed by atoms with Gasteiger partial charge in [0, 0.05) is 32.7 Å². The summed E-state index contributed by atoms with van der Waals surface area (Å²) in [5.74, 6) is -1.44. The van der Waals surface area contributed by atoms with Crippen molar-refractivity contribution in [1.82, 2.24) is 10.6 Å². The number of carbonyl (C=O) groups is 3. The van der Waals surface area contributed by atoms with Gasteiger partial charge >= 0.3 is 5.97 Å². The predicted octanol–water partition coefficient (Wildman–Crippen LogP) is -4.03. The van der Waals surface area contributed by atoms with Gasteiger partial charge in [-0.25, -0.2) is 0 Å². The van der Waals surface area contributed by atoms with Crippen LogP contribution in [-0.4, -0.2) is 137 Å². The van der Waals surface area contributed by atoms with Gasteiger partial charge in [0.15, 0.2) is 6.29 Å². The normalized spacial score (nSPS) is 34.8. The molecule has 0 aromatic carbocycles. The zero-order valence-corrected chi connectivity index (χ0v) is 21.9. The van der Waals surface area contributed by atoms with Crippen LogP contribution in [0.5, 0.6) is 0 Å². The Labute approximate surface area is 225 Å². The maximum Gasteiger partial charge on any atom is 0.305 e. The van der Waals surface area contributed by atoms with Gasteiger partial charge in [0.2, 0.25) is 23.8 Å². The molecule has 16 nitrogen and oxygen atoms in total. The summed E-state index contributed by atoms with van der Waals surface area (Å²) in [5.41, 5.74) is -2.53. The summed E-state index contributed by atoms with van der Waals surface area (Å²) in [6, 6.07) is 0. The molecule has 8 N–H and O–H groups in total. The Kier molecular flexibility index (Phi) is 13.4. The molecule has 0 radical (unpaired) electrons. The molecule has 0 aromatic rings. The topological polar surface area (TPSA) is 243 Å². The quantitative estimate of drug-likeness (QED) is 0.0565. The number of amides is 2. The monoisotopic (exact) mass is 568 g/mol. The molecule has 2 amide bonds. The first-order chi connectivity index (χ1) is 18.5. The number of methoxy groups -OCH3 is 1. The minimum Gasteiger partial charge on any atom is -0.469 e. The van der Waals surface area contributed by atoms with Crippen molar-refractivity contribution in [1.29, 1.82) is 0 Å². The van der Waals surface area contributed by atoms with Gasteiger partial charge < -0.3 is 65.0 Å². The van der Waals surface area contributed by atoms with E-state index in [2.05, 4.69) is 15.4 Å². The minimum atomic E-state index is -2.53. The van der Waals surface area contributed by atoms with E-state index in [9.17, 15) is 45.0 Å². The number of aliphatic hydroxyl groups is 6. The smallest absolute Gasteiger partial charge is 0.305 e. The molecule has 16 heteroatoms. The fraction of sp³-hybridized carbons (Fsp3) is 0.870. The maximum absolute atomic E-state index is 12.0. The van der Waals surface area contributed by atoms with E-state index in [1.807, 2.05) is 0 Å². The lowest BCUT2D eigenvalue weighted by Gasteiger charge is -2.50. The Hall–Kier alpha value is -1.99. The SMILES string of the molecule is COC(=O)CCCCC(=O)NCCO[C@H]1O[C@H](CO)[C@H](O)[C@H](O[C@H]2C[C@@H](O)[C@@H](O)[C@@H](CO)O2)[C@]1(O)NC(C)=O. The van der Waals surface area contributed by atoms with Crippen LogP contribution in [0.1, 0.15) is 39.0 Å². The van der Waals surface area contributed by atoms with Crippen LogP contribution in [-0.2, 0) is 38.1 Å². The van der Waals surface area contributed by atoms with Gasteiger partial charge in [-0.05, 0) is 12.8 Å². The van der Waals surface area contributed by atoms with Gasteiger partial charge in [0.05, 0.1) is 33.0 Å². The standard InChI is InChI=1S/C23H40N2O14/c1-12(28)25-23(34)21(39-18-9-13(29)19(32)14(10-26)37-18)20(33)15(11-27)38-22(23)36-8-7-24-16(30)5-3-4-6-17(31)35-2/h13-15,18-22,26-27,29,32-34H,3-11H2,1-2H3,(H,24,30)(H,25,28)/t13-,14-,15-,18+,19-,20+,21+,22+,23-/m1/s1. The molecule has 0 bridgehead atoms. The van der Waals surface area contributed by atoms with Crippen molar-refractivity contribution in [2.45, 2.75) is 94.0 Å². The van der Waals surface area contributed by atoms with Crippen LogP contribution in [0.15, 0.2) is 0 Å². The van der Waals surface area contributed by atoms with E-state index in [1.165, 1.54) is 7.11 Å². The van der Waals surface area contributed by atoms with Crippen molar-refractivity contribution in [3.63, 3.8) is 0 Å². The molecule has 0 spiro atoms. The Morgan fingerprint density at radius 2 is 1.64 bits per heavy atom. The molecule has 0 aromatic heterocycles. The number of esters is 1. The Balaban J connectivity index is 2.04. The highest BCUT2D eigenvalue weighted by Crippen LogP contribution is 2.34. The van der Waals surface area contributed by atoms with Gasteiger partial charge in [-0.1, -0.05) is 0 Å². The summed E-state index contributed by atoms with van der Waals surface area (Å²) < 4.78 is 26.7. The van der Waals surface area contributed by atoms with Crippen LogP contribution in [0.2, 0.25) is 0 Å². The highest BCUT2D eigenvalue weighted by molar-refractivity contribution is 5.76. The van der Waals surface area contributed by atoms with Crippen molar-refractivity contribution in [2.24, 2.45) is 0 Å². The zero-order chi connectivity index (χ0) is 29.2. The molecule has 2 heterocycles. The molecule has 39 heavy (non-hydrogen) atoms. The van der Waals surface area contributed by atoms with E-state index in [0.717, 1.165) is 6.92 Å². The van der Waals surface area contributed by atoms with Crippen molar-refractivity contribution in [3.05, 3.63) is 0 Å². The second-order valence-corrected chi connectivity index (χ2v) is 9.33. The predicted molar refractivity (Wildman–Crippen MR) is 127 cm³/mol. The third kappa shape index (κ3) is 9.28. The Bertz CT molecular complexity index is 803. The summed E-state index contributed by atoms with van der Waals surface area (Å²) in [6.45, 7) is -0.565. The lowest BCUT2D eigenvalue weighted by Crippen LogP contribution is -2.75. The molecule has 2 aliphatic heterocycles. The van der Waals surface area contributed by atoms with E-state index in [-0.39, 0.29) is 44.3 Å². The average Bonchev–Trinajstić information content (AvgIpc) is 2.89. The van der Waals surface area contributed by atoms with Gasteiger partial charge in [-0.2, -0.15) is 0 Å². The van der Waals surface area contributed by atoms with Gasteiger partial charge in [-0.3, -0.25) is 14.4 Å². The Morgan fingerprint density at radius 1 is 1.00 bits per heavy atom. The minimum absolute atomic E-state index is 0.0300. The van der Waals surface area contributed by atoms with Crippen molar-refractivity contribution < 1.29 is 68.7 Å². The van der Waals surface area contributed by atoms with Crippen molar-refractivity contribution in [2.75, 3.05) is 33.5 Å². The Morgan fingerprint density at radius 3 is 2.26 bits per heavy atom. The van der Waals surface area contributed by atoms with Gasteiger partial charge in [0.25, 0.3) is 0 Å². The van der Waals surface area contributed by atoms with E-state index < -0.39 is 74.0 Å². The fourth-order valence-electron chi connectivity index (χ4n) is 4.27. The van der Waals surface area contributed by atoms with Crippen LogP contribution in [0, 0.1) is 0 Å². The lowest BCUT2D eigenvalue weighted by atomic mass is 9.92. The highest BCUT2D eigenvalue weighted by Gasteiger charge is 2.58. The first-order valence-corrected chi connectivity index (χ1v) is 12.6. The van der Waals surface area contributed by atoms with Gasteiger partial charge in [-0.15, -0.1) is 0 Å². The molecule has 2 aliphatic rings. The zero-order valence-electron chi connectivity index (χ0n) is 21.9. The summed E-state index contributed by atoms with van der Waals surface area (Å²) >= 11 is 0. The molecule has 9 atom stereocenters. The molecule has 0 unspecified atom stereocenters. The van der Waals surface area contributed by atoms with Crippen molar-refractivity contribution >= 4 is 17.8 Å². The number of carbonyl (C=O) groups excluding carboxylic acids is 3. The summed E-state index contributed by atoms with van der Waals surface area (Å²) in [5, 5.41) is 66.2. The van der Waals surface area contributed by atoms with Crippen LogP contribution in [0.3, 0.4) is 0 Å². The van der Waals surface area contributed by atoms with E-state index in [0.29, 0.717) is 12.8 Å². The second-order valence-electron chi connectivity index (χ2n) is 9.33. The molecule has 0 aliphatic carbocycles. The van der Waals surface area contributed by atoms with Crippen LogP contribution < -0.4 is 10.6 Å². The highest BCUT2D eigenvalue weighted by atomic mass is 16.7. The number of rotatable bonds is 14. The average molecular weight is 569 g/mol. The molecule has 2 rings (SSSR count). The largest absolute Gasteiger partial charge is 0.469 e. The number of aliphatic hydroxyl groups excluding tert-OH is 5. The molecule has 0 saturated carbocycles. The molecular weight excluding hydrogens is 528 g/mol. The lowest BCUT2D eigenvalue weighted by molar-refractivity contribution is -0.379. The fourth-order valence-corrected chi connectivity index (χ4v) is 4.27. The molecule has 2 fully saturated rings. The second kappa shape index (κ2) is 15.7. The van der Waals surface area contributed by atoms with Crippen LogP contribution in [0.4, 0.5) is 0 Å². The molecular formula is C23H40N2O14. The number of unbranched alkanes of at least 4 members (excludes halogenated alkanes) is 1. The van der Waals surface area contributed by atoms with E-state index in [4.69, 9.17) is 18.9 Å². The summed E-state index contributed by atoms with van der Waals surface area (Å²) in [4.78, 5) is 35.1. The number of hydrogen-bond acceptors (Lipinski definition) is 14. The van der Waals surface area contributed by atoms with Crippen LogP contribution in [0.25, 0.3) is 0 Å². The van der Waals surface area contributed by atoms with Crippen molar-refractivity contribution in [3.8, 4) is 0 Å². The molecule has 2 saturated heterocycles. The number of ether oxygens (including phenoxy) is 5. The number of nitrogens with one attached hydrogen (secondary N) is 2. The first kappa shape index (κ1) is 33.2. The van der Waals surface area contributed by atoms with Crippen LogP contribution >= 0.6 is 0 Å². The van der Waals surface area contributed by atoms with Gasteiger partial charge in [0.1, 0.15) is 30.5 Å². The summed E-state index contributed by atoms with van der Waals surface area (Å²) in [6.07, 6.45) is -10.9. The number of hydrogen-bond donors (Lipinski definition) is 8. The maximum atomic E-state index is 12.0. The first-order valence-electron chi connectivity index (χ1n) is 12.6.